The van der Waals surface area contributed by atoms with Gasteiger partial charge in [-0.1, -0.05) is 25.1 Å². The van der Waals surface area contributed by atoms with Crippen molar-refractivity contribution >= 4 is 23.9 Å². The molecule has 2 heterocycles. The maximum Gasteiger partial charge on any atom is 0.417 e. The molecule has 2 aliphatic heterocycles. The Morgan fingerprint density at radius 2 is 2.04 bits per heavy atom. The monoisotopic (exact) mass is 351 g/mol. The molecule has 2 aromatic carbocycles. The van der Waals surface area contributed by atoms with Crippen molar-refractivity contribution in [1.29, 1.82) is 0 Å². The minimum atomic E-state index is -0.536. The topological polar surface area (TPSA) is 61.9 Å². The van der Waals surface area contributed by atoms with Crippen molar-refractivity contribution in [3.8, 4) is 5.75 Å². The average Bonchev–Trinajstić information content (AvgIpc) is 3.07. The fraction of sp³-hybridized carbons (Fsp3) is 0.300. The number of nitrogens with zero attached hydrogens (tertiary/aromatic N) is 2. The van der Waals surface area contributed by atoms with Crippen molar-refractivity contribution in [1.82, 2.24) is 4.90 Å². The molecule has 2 atom stereocenters. The third-order valence-corrected chi connectivity index (χ3v) is 5.44. The summed E-state index contributed by atoms with van der Waals surface area (Å²) in [5.41, 5.74) is 2.44. The number of benzene rings is 2. The number of amides is 2. The molecule has 1 fully saturated rings. The fourth-order valence-corrected chi connectivity index (χ4v) is 4.22. The van der Waals surface area contributed by atoms with Gasteiger partial charge < -0.3 is 4.74 Å². The van der Waals surface area contributed by atoms with Gasteiger partial charge in [-0.05, 0) is 49.4 Å². The van der Waals surface area contributed by atoms with Gasteiger partial charge in [-0.3, -0.25) is 19.9 Å². The number of anilines is 2. The van der Waals surface area contributed by atoms with E-state index in [2.05, 4.69) is 17.1 Å². The molecule has 0 saturated carbocycles. The summed E-state index contributed by atoms with van der Waals surface area (Å²) in [7, 11) is 2.03. The van der Waals surface area contributed by atoms with Gasteiger partial charge in [0.05, 0.1) is 6.17 Å². The van der Waals surface area contributed by atoms with E-state index in [1.165, 1.54) is 0 Å². The fourth-order valence-electron chi connectivity index (χ4n) is 4.22. The van der Waals surface area contributed by atoms with Crippen molar-refractivity contribution in [2.24, 2.45) is 0 Å². The molecule has 1 N–H and O–H groups in total. The quantitative estimate of drug-likeness (QED) is 0.863. The van der Waals surface area contributed by atoms with Gasteiger partial charge in [-0.2, -0.15) is 0 Å². The molecule has 26 heavy (non-hydrogen) atoms. The van der Waals surface area contributed by atoms with Crippen molar-refractivity contribution in [3.63, 3.8) is 0 Å². The van der Waals surface area contributed by atoms with Crippen LogP contribution in [0, 0.1) is 0 Å². The Labute approximate surface area is 152 Å². The van der Waals surface area contributed by atoms with Crippen LogP contribution in [0.15, 0.2) is 48.5 Å². The highest BCUT2D eigenvalue weighted by atomic mass is 16.6. The van der Waals surface area contributed by atoms with E-state index in [4.69, 9.17) is 4.74 Å². The predicted molar refractivity (Wildman–Crippen MR) is 99.5 cm³/mol. The number of hydrogen-bond acceptors (Lipinski definition) is 4. The zero-order chi connectivity index (χ0) is 18.3. The van der Waals surface area contributed by atoms with Crippen molar-refractivity contribution in [3.05, 3.63) is 54.1 Å². The first kappa shape index (κ1) is 16.6. The number of hydrogen-bond donors (Lipinski definition) is 1. The zero-order valence-electron chi connectivity index (χ0n) is 14.8. The second-order valence-corrected chi connectivity index (χ2v) is 7.09. The lowest BCUT2D eigenvalue weighted by molar-refractivity contribution is -0.108. The third-order valence-electron chi connectivity index (χ3n) is 5.44. The van der Waals surface area contributed by atoms with Gasteiger partial charge in [0.1, 0.15) is 5.75 Å². The average molecular weight is 351 g/mol. The van der Waals surface area contributed by atoms with Gasteiger partial charge in [-0.15, -0.1) is 0 Å². The normalized spacial score (nSPS) is 24.1. The molecular formula is C20H21N3O3. The number of nitrogens with one attached hydrogen (secondary N) is 1. The number of fused-ring (bicyclic) bond motifs is 3. The van der Waals surface area contributed by atoms with E-state index < -0.39 is 6.09 Å². The minimum Gasteiger partial charge on any atom is -0.410 e. The molecule has 0 radical (unpaired) electrons. The predicted octanol–water partition coefficient (Wildman–Crippen LogP) is 3.19. The molecule has 4 rings (SSSR count). The first-order valence-electron chi connectivity index (χ1n) is 8.65. The molecule has 2 aromatic rings. The van der Waals surface area contributed by atoms with E-state index in [1.54, 1.807) is 23.1 Å². The summed E-state index contributed by atoms with van der Waals surface area (Å²) < 4.78 is 5.46. The second-order valence-electron chi connectivity index (χ2n) is 7.09. The van der Waals surface area contributed by atoms with E-state index in [1.807, 2.05) is 37.4 Å². The first-order chi connectivity index (χ1) is 12.5. The highest BCUT2D eigenvalue weighted by molar-refractivity contribution is 5.87. The summed E-state index contributed by atoms with van der Waals surface area (Å²) in [5, 5.41) is 2.70. The van der Waals surface area contributed by atoms with Crippen LogP contribution in [0.1, 0.15) is 18.9 Å². The van der Waals surface area contributed by atoms with E-state index in [9.17, 15) is 9.59 Å². The van der Waals surface area contributed by atoms with Gasteiger partial charge in [-0.25, -0.2) is 4.79 Å². The molecule has 134 valence electrons. The summed E-state index contributed by atoms with van der Waals surface area (Å²) in [6.45, 7) is 3.09. The molecule has 0 unspecified atom stereocenters. The molecule has 0 spiro atoms. The van der Waals surface area contributed by atoms with Crippen molar-refractivity contribution in [2.75, 3.05) is 23.8 Å². The largest absolute Gasteiger partial charge is 0.417 e. The number of carbonyl (C=O) groups excluding carboxylic acids is 2. The first-order valence-corrected chi connectivity index (χ1v) is 8.65. The Morgan fingerprint density at radius 3 is 2.77 bits per heavy atom. The lowest BCUT2D eigenvalue weighted by Gasteiger charge is -2.31. The molecule has 6 heteroatoms. The maximum atomic E-state index is 12.2. The highest BCUT2D eigenvalue weighted by Crippen LogP contribution is 2.51. The molecule has 2 amide bonds. The van der Waals surface area contributed by atoms with E-state index in [-0.39, 0.29) is 11.6 Å². The molecule has 0 bridgehead atoms. The zero-order valence-corrected chi connectivity index (χ0v) is 14.8. The number of para-hydroxylation sites is 1. The Kier molecular flexibility index (Phi) is 3.92. The van der Waals surface area contributed by atoms with Gasteiger partial charge in [0.2, 0.25) is 6.41 Å². The summed E-state index contributed by atoms with van der Waals surface area (Å²) >= 11 is 0. The summed E-state index contributed by atoms with van der Waals surface area (Å²) in [5.74, 6) is 0.472. The molecule has 6 nitrogen and oxygen atoms in total. The Balaban J connectivity index is 1.59. The van der Waals surface area contributed by atoms with Crippen LogP contribution in [0.25, 0.3) is 0 Å². The molecule has 0 aromatic heterocycles. The van der Waals surface area contributed by atoms with Gasteiger partial charge >= 0.3 is 6.09 Å². The Morgan fingerprint density at radius 1 is 1.27 bits per heavy atom. The number of likely N-dealkylation sites (N-methyl/N-ethyl adjacent to an activating group) is 1. The van der Waals surface area contributed by atoms with E-state index >= 15 is 0 Å². The number of carbonyl (C=O) groups is 2. The SMILES string of the molecule is CN1CC[C@@]2(C)c3cc(OC(=O)Nc4ccccc4)ccc3N(C=O)[C@@H]12. The summed E-state index contributed by atoms with van der Waals surface area (Å²) in [4.78, 5) is 27.8. The van der Waals surface area contributed by atoms with Crippen LogP contribution in [-0.2, 0) is 10.2 Å². The molecule has 1 saturated heterocycles. The van der Waals surface area contributed by atoms with Crippen LogP contribution < -0.4 is 15.0 Å². The lowest BCUT2D eigenvalue weighted by atomic mass is 9.81. The standard InChI is InChI=1S/C20H21N3O3/c1-20-10-11-22(2)18(20)23(13-24)17-9-8-15(12-16(17)20)26-19(25)21-14-6-4-3-5-7-14/h3-9,12-13,18H,10-11H2,1-2H3,(H,21,25)/t18-,20+/m1/s1. The van der Waals surface area contributed by atoms with E-state index in [0.717, 1.165) is 30.6 Å². The van der Waals surface area contributed by atoms with Crippen LogP contribution in [-0.4, -0.2) is 37.2 Å². The molecular weight excluding hydrogens is 330 g/mol. The highest BCUT2D eigenvalue weighted by Gasteiger charge is 2.53. The van der Waals surface area contributed by atoms with Crippen LogP contribution >= 0.6 is 0 Å². The number of likely N-dealkylation sites (tertiary alicyclic amines) is 1. The van der Waals surface area contributed by atoms with Crippen LogP contribution in [0.2, 0.25) is 0 Å². The molecule has 2 aliphatic rings. The summed E-state index contributed by atoms with van der Waals surface area (Å²) in [6, 6.07) is 14.6. The van der Waals surface area contributed by atoms with Crippen LogP contribution in [0.4, 0.5) is 16.2 Å². The second kappa shape index (κ2) is 6.14. The van der Waals surface area contributed by atoms with E-state index in [0.29, 0.717) is 11.4 Å². The van der Waals surface area contributed by atoms with Crippen LogP contribution in [0.3, 0.4) is 0 Å². The van der Waals surface area contributed by atoms with Crippen molar-refractivity contribution < 1.29 is 14.3 Å². The van der Waals surface area contributed by atoms with Gasteiger partial charge in [0.25, 0.3) is 0 Å². The molecule has 0 aliphatic carbocycles. The van der Waals surface area contributed by atoms with Crippen molar-refractivity contribution in [2.45, 2.75) is 24.9 Å². The minimum absolute atomic E-state index is 0.00314. The Hall–Kier alpha value is -2.86. The Bertz CT molecular complexity index is 855. The maximum absolute atomic E-state index is 12.2. The van der Waals surface area contributed by atoms with Crippen LogP contribution in [0.5, 0.6) is 5.75 Å². The summed E-state index contributed by atoms with van der Waals surface area (Å²) in [6.07, 6.45) is 1.31. The van der Waals surface area contributed by atoms with Gasteiger partial charge in [0, 0.05) is 23.3 Å². The lowest BCUT2D eigenvalue weighted by Crippen LogP contribution is -2.46. The smallest absolute Gasteiger partial charge is 0.410 e. The third kappa shape index (κ3) is 2.54. The van der Waals surface area contributed by atoms with Gasteiger partial charge in [0.15, 0.2) is 0 Å². The number of ether oxygens (including phenoxy) is 1. The number of rotatable bonds is 3.